The Morgan fingerprint density at radius 1 is 1.35 bits per heavy atom. The zero-order chi connectivity index (χ0) is 15.0. The summed E-state index contributed by atoms with van der Waals surface area (Å²) in [5, 5.41) is 18.4. The highest BCUT2D eigenvalue weighted by Crippen LogP contribution is 2.16. The van der Waals surface area contributed by atoms with Crippen LogP contribution in [0, 0.1) is 5.82 Å². The van der Waals surface area contributed by atoms with Gasteiger partial charge in [0, 0.05) is 12.7 Å². The van der Waals surface area contributed by atoms with Crippen LogP contribution in [0.2, 0.25) is 0 Å². The zero-order valence-corrected chi connectivity index (χ0v) is 11.3. The molecule has 1 aromatic rings. The molecule has 1 unspecified atom stereocenters. The van der Waals surface area contributed by atoms with E-state index in [4.69, 9.17) is 14.6 Å². The number of hydrogen-bond acceptors (Lipinski definition) is 4. The molecule has 0 aromatic heterocycles. The molecule has 0 heterocycles. The fourth-order valence-electron chi connectivity index (χ4n) is 1.48. The maximum Gasteiger partial charge on any atom is 0.335 e. The minimum absolute atomic E-state index is 0.0648. The van der Waals surface area contributed by atoms with Crippen LogP contribution in [0.3, 0.4) is 0 Å². The van der Waals surface area contributed by atoms with E-state index in [0.717, 1.165) is 25.0 Å². The van der Waals surface area contributed by atoms with Gasteiger partial charge in [-0.25, -0.2) is 9.18 Å². The maximum atomic E-state index is 13.2. The number of carbonyl (C=O) groups is 1. The Hall–Kier alpha value is -1.66. The molecular weight excluding hydrogens is 267 g/mol. The summed E-state index contributed by atoms with van der Waals surface area (Å²) >= 11 is 0. The number of hydrogen-bond donors (Lipinski definition) is 2. The number of unbranched alkanes of at least 4 members (excludes halogenated alkanes) is 1. The normalized spacial score (nSPS) is 12.2. The third-order valence-corrected chi connectivity index (χ3v) is 2.51. The number of rotatable bonds is 9. The van der Waals surface area contributed by atoms with Gasteiger partial charge in [0.2, 0.25) is 0 Å². The molecule has 20 heavy (non-hydrogen) atoms. The molecule has 0 aliphatic heterocycles. The van der Waals surface area contributed by atoms with Crippen molar-refractivity contribution in [2.75, 3.05) is 19.8 Å². The standard InChI is InChI=1S/C14H19FO5/c1-2-3-4-19-8-12(16)9-20-13-6-10(14(17)18)5-11(15)7-13/h5-7,12,16H,2-4,8-9H2,1H3,(H,17,18). The second-order valence-electron chi connectivity index (χ2n) is 4.37. The van der Waals surface area contributed by atoms with E-state index in [2.05, 4.69) is 0 Å². The van der Waals surface area contributed by atoms with Crippen LogP contribution in [0.5, 0.6) is 5.75 Å². The van der Waals surface area contributed by atoms with E-state index in [0.29, 0.717) is 6.61 Å². The Labute approximate surface area is 116 Å². The molecule has 0 amide bonds. The van der Waals surface area contributed by atoms with Crippen LogP contribution < -0.4 is 4.74 Å². The number of carboxylic acid groups (broad SMARTS) is 1. The molecule has 112 valence electrons. The molecule has 0 bridgehead atoms. The number of ether oxygens (including phenoxy) is 2. The summed E-state index contributed by atoms with van der Waals surface area (Å²) in [6.07, 6.45) is 1.08. The summed E-state index contributed by atoms with van der Waals surface area (Å²) in [6, 6.07) is 3.17. The summed E-state index contributed by atoms with van der Waals surface area (Å²) in [6.45, 7) is 2.64. The van der Waals surface area contributed by atoms with Crippen LogP contribution in [0.4, 0.5) is 4.39 Å². The van der Waals surface area contributed by atoms with Gasteiger partial charge in [0.05, 0.1) is 12.2 Å². The molecule has 6 heteroatoms. The molecule has 0 radical (unpaired) electrons. The van der Waals surface area contributed by atoms with Crippen LogP contribution in [0.25, 0.3) is 0 Å². The molecule has 1 atom stereocenters. The highest BCUT2D eigenvalue weighted by molar-refractivity contribution is 5.88. The predicted octanol–water partition coefficient (Wildman–Crippen LogP) is 2.08. The highest BCUT2D eigenvalue weighted by atomic mass is 19.1. The topological polar surface area (TPSA) is 76.0 Å². The fraction of sp³-hybridized carbons (Fsp3) is 0.500. The molecule has 5 nitrogen and oxygen atoms in total. The van der Waals surface area contributed by atoms with Crippen molar-refractivity contribution < 1.29 is 28.9 Å². The van der Waals surface area contributed by atoms with Crippen molar-refractivity contribution in [2.24, 2.45) is 0 Å². The average molecular weight is 286 g/mol. The lowest BCUT2D eigenvalue weighted by atomic mass is 10.2. The molecule has 0 saturated heterocycles. The first-order chi connectivity index (χ1) is 9.52. The van der Waals surface area contributed by atoms with Gasteiger partial charge in [-0.1, -0.05) is 13.3 Å². The number of aliphatic hydroxyl groups is 1. The summed E-state index contributed by atoms with van der Waals surface area (Å²) < 4.78 is 23.5. The molecule has 0 saturated carbocycles. The van der Waals surface area contributed by atoms with Crippen LogP contribution in [0.15, 0.2) is 18.2 Å². The molecule has 0 aliphatic rings. The summed E-state index contributed by atoms with van der Waals surface area (Å²) in [5.41, 5.74) is -0.200. The van der Waals surface area contributed by atoms with E-state index in [1.165, 1.54) is 6.07 Å². The average Bonchev–Trinajstić information content (AvgIpc) is 2.40. The molecular formula is C14H19FO5. The zero-order valence-electron chi connectivity index (χ0n) is 11.3. The van der Waals surface area contributed by atoms with E-state index < -0.39 is 17.9 Å². The van der Waals surface area contributed by atoms with E-state index in [-0.39, 0.29) is 24.5 Å². The molecule has 0 aliphatic carbocycles. The SMILES string of the molecule is CCCCOCC(O)COc1cc(F)cc(C(=O)O)c1. The minimum Gasteiger partial charge on any atom is -0.491 e. The van der Waals surface area contributed by atoms with Crippen molar-refractivity contribution in [1.29, 1.82) is 0 Å². The number of carboxylic acids is 1. The largest absolute Gasteiger partial charge is 0.491 e. The Bertz CT molecular complexity index is 436. The van der Waals surface area contributed by atoms with Crippen LogP contribution in [0.1, 0.15) is 30.1 Å². The second kappa shape index (κ2) is 8.50. The Balaban J connectivity index is 2.42. The lowest BCUT2D eigenvalue weighted by Gasteiger charge is -2.13. The Kier molecular flexibility index (Phi) is 6.97. The summed E-state index contributed by atoms with van der Waals surface area (Å²) in [4.78, 5) is 10.8. The lowest BCUT2D eigenvalue weighted by molar-refractivity contribution is 0.0112. The number of aliphatic hydroxyl groups excluding tert-OH is 1. The first-order valence-corrected chi connectivity index (χ1v) is 6.45. The van der Waals surface area contributed by atoms with Gasteiger partial charge in [-0.2, -0.15) is 0 Å². The van der Waals surface area contributed by atoms with Crippen LogP contribution in [-0.4, -0.2) is 42.1 Å². The number of aromatic carboxylic acids is 1. The van der Waals surface area contributed by atoms with Crippen molar-refractivity contribution in [3.63, 3.8) is 0 Å². The first-order valence-electron chi connectivity index (χ1n) is 6.45. The van der Waals surface area contributed by atoms with Gasteiger partial charge in [-0.05, 0) is 18.6 Å². The van der Waals surface area contributed by atoms with Crippen LogP contribution in [-0.2, 0) is 4.74 Å². The summed E-state index contributed by atoms with van der Waals surface area (Å²) in [5.74, 6) is -1.87. The molecule has 0 fully saturated rings. The monoisotopic (exact) mass is 286 g/mol. The van der Waals surface area contributed by atoms with E-state index >= 15 is 0 Å². The Morgan fingerprint density at radius 2 is 2.10 bits per heavy atom. The third kappa shape index (κ3) is 5.99. The van der Waals surface area contributed by atoms with Crippen molar-refractivity contribution in [3.8, 4) is 5.75 Å². The van der Waals surface area contributed by atoms with Gasteiger partial charge in [0.25, 0.3) is 0 Å². The van der Waals surface area contributed by atoms with Gasteiger partial charge < -0.3 is 19.7 Å². The van der Waals surface area contributed by atoms with Crippen molar-refractivity contribution >= 4 is 5.97 Å². The summed E-state index contributed by atoms with van der Waals surface area (Å²) in [7, 11) is 0. The van der Waals surface area contributed by atoms with Gasteiger partial charge in [0.1, 0.15) is 24.3 Å². The third-order valence-electron chi connectivity index (χ3n) is 2.51. The van der Waals surface area contributed by atoms with Crippen molar-refractivity contribution in [2.45, 2.75) is 25.9 Å². The van der Waals surface area contributed by atoms with E-state index in [1.54, 1.807) is 0 Å². The highest BCUT2D eigenvalue weighted by Gasteiger charge is 2.10. The predicted molar refractivity (Wildman–Crippen MR) is 70.6 cm³/mol. The van der Waals surface area contributed by atoms with Crippen LogP contribution >= 0.6 is 0 Å². The maximum absolute atomic E-state index is 13.2. The van der Waals surface area contributed by atoms with E-state index in [9.17, 15) is 14.3 Å². The minimum atomic E-state index is -1.24. The van der Waals surface area contributed by atoms with E-state index in [1.807, 2.05) is 6.92 Å². The van der Waals surface area contributed by atoms with Gasteiger partial charge in [0.15, 0.2) is 0 Å². The lowest BCUT2D eigenvalue weighted by Crippen LogP contribution is -2.23. The molecule has 1 rings (SSSR count). The number of halogens is 1. The molecule has 2 N–H and O–H groups in total. The first kappa shape index (κ1) is 16.4. The Morgan fingerprint density at radius 3 is 2.75 bits per heavy atom. The number of benzene rings is 1. The van der Waals surface area contributed by atoms with Gasteiger partial charge in [-0.3, -0.25) is 0 Å². The molecule has 0 spiro atoms. The molecule has 1 aromatic carbocycles. The van der Waals surface area contributed by atoms with Crippen molar-refractivity contribution in [1.82, 2.24) is 0 Å². The van der Waals surface area contributed by atoms with Gasteiger partial charge in [-0.15, -0.1) is 0 Å². The van der Waals surface area contributed by atoms with Gasteiger partial charge >= 0.3 is 5.97 Å². The second-order valence-corrected chi connectivity index (χ2v) is 4.37. The van der Waals surface area contributed by atoms with Crippen molar-refractivity contribution in [3.05, 3.63) is 29.6 Å². The quantitative estimate of drug-likeness (QED) is 0.680. The smallest absolute Gasteiger partial charge is 0.335 e. The fourth-order valence-corrected chi connectivity index (χ4v) is 1.48.